The normalized spacial score (nSPS) is 11.7. The Balaban J connectivity index is 1.02. The van der Waals surface area contributed by atoms with Gasteiger partial charge < -0.3 is 13.7 Å². The Hall–Kier alpha value is -7.95. The molecule has 0 aliphatic heterocycles. The molecule has 0 fully saturated rings. The smallest absolute Gasteiger partial charge is 0.228 e. The number of rotatable bonds is 6. The number of nitrogens with zero attached hydrogens (tertiary/aromatic N) is 2. The third-order valence-electron chi connectivity index (χ3n) is 11.7. The maximum Gasteiger partial charge on any atom is 0.228 e. The standard InChI is InChI=1S/C55H34N2O2/c1-2-12-35(13-3-1)36-22-26-40(27-23-36)57(41-28-24-37(25-29-41)48-32-38-14-4-6-16-43(38)45-18-8-9-19-46(45)48)42-30-31-47-51(34-42)58-52-33-39-15-5-7-17-44(39)54(53(47)52)55-56-49-20-10-11-21-50(49)59-55/h1-34H. The fourth-order valence-corrected chi connectivity index (χ4v) is 8.89. The molecule has 0 N–H and O–H groups in total. The van der Waals surface area contributed by atoms with Crippen LogP contribution in [-0.4, -0.2) is 4.98 Å². The van der Waals surface area contributed by atoms with Crippen LogP contribution >= 0.6 is 0 Å². The van der Waals surface area contributed by atoms with Crippen LogP contribution in [0.25, 0.3) is 99.1 Å². The Morgan fingerprint density at radius 1 is 0.356 bits per heavy atom. The summed E-state index contributed by atoms with van der Waals surface area (Å²) < 4.78 is 13.2. The van der Waals surface area contributed by atoms with Crippen molar-refractivity contribution in [2.75, 3.05) is 4.90 Å². The second-order valence-electron chi connectivity index (χ2n) is 15.1. The van der Waals surface area contributed by atoms with Crippen molar-refractivity contribution < 1.29 is 8.83 Å². The van der Waals surface area contributed by atoms with E-state index >= 15 is 0 Å². The molecule has 0 amide bonds. The van der Waals surface area contributed by atoms with Crippen molar-refractivity contribution in [3.05, 3.63) is 206 Å². The number of hydrogen-bond donors (Lipinski definition) is 0. The monoisotopic (exact) mass is 754 g/mol. The molecule has 4 heteroatoms. The summed E-state index contributed by atoms with van der Waals surface area (Å²) in [5.74, 6) is 0.583. The fraction of sp³-hybridized carbons (Fsp3) is 0. The van der Waals surface area contributed by atoms with Crippen LogP contribution in [0.15, 0.2) is 215 Å². The largest absolute Gasteiger partial charge is 0.456 e. The number of aromatic nitrogens is 1. The van der Waals surface area contributed by atoms with Crippen molar-refractivity contribution in [2.45, 2.75) is 0 Å². The molecule has 59 heavy (non-hydrogen) atoms. The summed E-state index contributed by atoms with van der Waals surface area (Å²) in [6.07, 6.45) is 0. The first-order valence-corrected chi connectivity index (χ1v) is 19.9. The number of para-hydroxylation sites is 2. The molecule has 2 heterocycles. The van der Waals surface area contributed by atoms with E-state index in [4.69, 9.17) is 13.8 Å². The average Bonchev–Trinajstić information content (AvgIpc) is 3.90. The Labute approximate surface area is 339 Å². The van der Waals surface area contributed by atoms with E-state index in [1.807, 2.05) is 24.3 Å². The molecule has 0 unspecified atom stereocenters. The predicted molar refractivity (Wildman–Crippen MR) is 245 cm³/mol. The van der Waals surface area contributed by atoms with Crippen LogP contribution in [0.3, 0.4) is 0 Å². The van der Waals surface area contributed by atoms with Gasteiger partial charge in [-0.25, -0.2) is 4.98 Å². The predicted octanol–water partition coefficient (Wildman–Crippen LogP) is 15.7. The highest BCUT2D eigenvalue weighted by Crippen LogP contribution is 2.45. The zero-order valence-corrected chi connectivity index (χ0v) is 31.8. The molecule has 0 spiro atoms. The van der Waals surface area contributed by atoms with Crippen LogP contribution in [0.4, 0.5) is 17.1 Å². The fourth-order valence-electron chi connectivity index (χ4n) is 8.89. The molecular weight excluding hydrogens is 721 g/mol. The summed E-state index contributed by atoms with van der Waals surface area (Å²) in [5.41, 5.74) is 11.9. The molecule has 0 saturated carbocycles. The van der Waals surface area contributed by atoms with Crippen molar-refractivity contribution in [3.63, 3.8) is 0 Å². The van der Waals surface area contributed by atoms with Crippen molar-refractivity contribution in [1.82, 2.24) is 4.98 Å². The summed E-state index contributed by atoms with van der Waals surface area (Å²) in [4.78, 5) is 7.28. The molecule has 4 nitrogen and oxygen atoms in total. The highest BCUT2D eigenvalue weighted by atomic mass is 16.3. The van der Waals surface area contributed by atoms with Crippen LogP contribution < -0.4 is 4.90 Å². The van der Waals surface area contributed by atoms with Gasteiger partial charge in [0.2, 0.25) is 5.89 Å². The number of benzene rings is 10. The van der Waals surface area contributed by atoms with Gasteiger partial charge in [-0.3, -0.25) is 0 Å². The summed E-state index contributed by atoms with van der Waals surface area (Å²) in [5, 5.41) is 9.13. The van der Waals surface area contributed by atoms with Crippen LogP contribution in [0.5, 0.6) is 0 Å². The molecule has 0 bridgehead atoms. The Kier molecular flexibility index (Phi) is 7.50. The van der Waals surface area contributed by atoms with Gasteiger partial charge in [0.1, 0.15) is 16.7 Å². The first-order valence-electron chi connectivity index (χ1n) is 19.9. The van der Waals surface area contributed by atoms with Gasteiger partial charge in [0.05, 0.1) is 5.56 Å². The topological polar surface area (TPSA) is 42.4 Å². The minimum atomic E-state index is 0.583. The van der Waals surface area contributed by atoms with E-state index in [0.717, 1.165) is 66.4 Å². The molecule has 0 saturated heterocycles. The highest BCUT2D eigenvalue weighted by molar-refractivity contribution is 6.20. The molecular formula is C55H34N2O2. The van der Waals surface area contributed by atoms with E-state index in [9.17, 15) is 0 Å². The first kappa shape index (κ1) is 33.2. The molecule has 2 aromatic heterocycles. The van der Waals surface area contributed by atoms with Gasteiger partial charge in [-0.2, -0.15) is 0 Å². The Morgan fingerprint density at radius 3 is 1.71 bits per heavy atom. The molecule has 12 rings (SSSR count). The molecule has 10 aromatic carbocycles. The summed E-state index contributed by atoms with van der Waals surface area (Å²) in [6, 6.07) is 72.9. The number of fused-ring (bicyclic) bond motifs is 8. The van der Waals surface area contributed by atoms with Gasteiger partial charge in [-0.15, -0.1) is 0 Å². The molecule has 0 atom stereocenters. The van der Waals surface area contributed by atoms with Crippen molar-refractivity contribution in [1.29, 1.82) is 0 Å². The van der Waals surface area contributed by atoms with Gasteiger partial charge in [0.15, 0.2) is 5.58 Å². The summed E-state index contributed by atoms with van der Waals surface area (Å²) in [7, 11) is 0. The van der Waals surface area contributed by atoms with Crippen LogP contribution in [0.2, 0.25) is 0 Å². The minimum absolute atomic E-state index is 0.583. The maximum absolute atomic E-state index is 6.79. The highest BCUT2D eigenvalue weighted by Gasteiger charge is 2.22. The van der Waals surface area contributed by atoms with E-state index in [1.54, 1.807) is 0 Å². The van der Waals surface area contributed by atoms with Gasteiger partial charge in [0.25, 0.3) is 0 Å². The van der Waals surface area contributed by atoms with Crippen molar-refractivity contribution in [3.8, 4) is 33.7 Å². The number of furan rings is 1. The van der Waals surface area contributed by atoms with Crippen molar-refractivity contribution in [2.24, 2.45) is 0 Å². The van der Waals surface area contributed by atoms with Crippen LogP contribution in [0.1, 0.15) is 0 Å². The van der Waals surface area contributed by atoms with Gasteiger partial charge in [0, 0.05) is 33.9 Å². The molecule has 0 aliphatic rings. The minimum Gasteiger partial charge on any atom is -0.456 e. The Morgan fingerprint density at radius 2 is 0.949 bits per heavy atom. The van der Waals surface area contributed by atoms with Gasteiger partial charge in [-0.05, 0) is 115 Å². The van der Waals surface area contributed by atoms with E-state index < -0.39 is 0 Å². The number of oxazole rings is 1. The quantitative estimate of drug-likeness (QED) is 0.159. The molecule has 12 aromatic rings. The maximum atomic E-state index is 6.79. The van der Waals surface area contributed by atoms with Crippen LogP contribution in [0, 0.1) is 0 Å². The van der Waals surface area contributed by atoms with E-state index in [1.165, 1.54) is 43.8 Å². The number of anilines is 3. The second-order valence-corrected chi connectivity index (χ2v) is 15.1. The van der Waals surface area contributed by atoms with Crippen LogP contribution in [-0.2, 0) is 0 Å². The molecule has 0 aliphatic carbocycles. The first-order chi connectivity index (χ1) is 29.2. The van der Waals surface area contributed by atoms with E-state index in [2.05, 4.69) is 187 Å². The lowest BCUT2D eigenvalue weighted by Crippen LogP contribution is -2.09. The lowest BCUT2D eigenvalue weighted by atomic mass is 9.93. The zero-order valence-electron chi connectivity index (χ0n) is 31.8. The average molecular weight is 755 g/mol. The van der Waals surface area contributed by atoms with Gasteiger partial charge in [-0.1, -0.05) is 140 Å². The van der Waals surface area contributed by atoms with Crippen molar-refractivity contribution >= 4 is 82.4 Å². The summed E-state index contributed by atoms with van der Waals surface area (Å²) >= 11 is 0. The number of hydrogen-bond acceptors (Lipinski definition) is 4. The SMILES string of the molecule is c1ccc(-c2ccc(N(c3ccc(-c4cc5ccccc5c5ccccc45)cc3)c3ccc4c(c3)oc3cc5ccccc5c(-c5nc6ccccc6o5)c34)cc2)cc1. The van der Waals surface area contributed by atoms with E-state index in [-0.39, 0.29) is 0 Å². The summed E-state index contributed by atoms with van der Waals surface area (Å²) in [6.45, 7) is 0. The third-order valence-corrected chi connectivity index (χ3v) is 11.7. The van der Waals surface area contributed by atoms with E-state index in [0.29, 0.717) is 5.89 Å². The Bertz CT molecular complexity index is 3510. The second kappa shape index (κ2) is 13.3. The zero-order chi connectivity index (χ0) is 38.9. The lowest BCUT2D eigenvalue weighted by Gasteiger charge is -2.26. The van der Waals surface area contributed by atoms with Gasteiger partial charge >= 0.3 is 0 Å². The third kappa shape index (κ3) is 5.49. The molecule has 0 radical (unpaired) electrons. The lowest BCUT2D eigenvalue weighted by molar-refractivity contribution is 0.621. The molecule has 276 valence electrons.